The first-order valence-electron chi connectivity index (χ1n) is 5.62. The van der Waals surface area contributed by atoms with Crippen molar-refractivity contribution in [2.45, 2.75) is 13.0 Å². The fraction of sp³-hybridized carbons (Fsp3) is 0.154. The van der Waals surface area contributed by atoms with Crippen molar-refractivity contribution in [3.8, 4) is 0 Å². The van der Waals surface area contributed by atoms with E-state index in [0.29, 0.717) is 0 Å². The van der Waals surface area contributed by atoms with Gasteiger partial charge < -0.3 is 10.3 Å². The number of thiophene rings is 1. The lowest BCUT2D eigenvalue weighted by molar-refractivity contribution is 0.669. The molecule has 2 heterocycles. The van der Waals surface area contributed by atoms with Crippen molar-refractivity contribution in [2.75, 3.05) is 5.73 Å². The minimum absolute atomic E-state index is 0.219. The lowest BCUT2D eigenvalue weighted by atomic mass is 10.2. The third kappa shape index (κ3) is 1.87. The molecule has 3 aromatic rings. The minimum Gasteiger partial charge on any atom is -0.399 e. The highest BCUT2D eigenvalue weighted by Gasteiger charge is 2.13. The molecule has 5 heteroatoms. The summed E-state index contributed by atoms with van der Waals surface area (Å²) in [6.07, 6.45) is 1.85. The second-order valence-electron chi connectivity index (χ2n) is 4.22. The molecule has 0 bridgehead atoms. The number of nitrogens with zero attached hydrogens (tertiary/aromatic N) is 2. The zero-order valence-electron chi connectivity index (χ0n) is 9.80. The number of fused-ring (bicyclic) bond motifs is 1. The first-order valence-corrected chi connectivity index (χ1v) is 6.82. The summed E-state index contributed by atoms with van der Waals surface area (Å²) >= 11 is 7.58. The fourth-order valence-corrected chi connectivity index (χ4v) is 3.16. The van der Waals surface area contributed by atoms with Crippen LogP contribution in [0.25, 0.3) is 11.0 Å². The second kappa shape index (κ2) is 4.30. The van der Waals surface area contributed by atoms with Gasteiger partial charge in [0.2, 0.25) is 0 Å². The van der Waals surface area contributed by atoms with Crippen molar-refractivity contribution < 1.29 is 0 Å². The van der Waals surface area contributed by atoms with Crippen molar-refractivity contribution in [3.05, 3.63) is 45.9 Å². The maximum absolute atomic E-state index is 5.98. The summed E-state index contributed by atoms with van der Waals surface area (Å²) in [4.78, 5) is 5.61. The van der Waals surface area contributed by atoms with E-state index in [9.17, 15) is 0 Å². The molecule has 0 spiro atoms. The zero-order valence-corrected chi connectivity index (χ0v) is 11.4. The molecule has 0 radical (unpaired) electrons. The van der Waals surface area contributed by atoms with E-state index < -0.39 is 0 Å². The molecule has 1 atom stereocenters. The third-order valence-electron chi connectivity index (χ3n) is 3.02. The Kier molecular flexibility index (Phi) is 2.76. The molecule has 0 saturated heterocycles. The molecule has 0 fully saturated rings. The van der Waals surface area contributed by atoms with E-state index in [1.54, 1.807) is 11.3 Å². The number of nitrogens with two attached hydrogens (primary N) is 1. The molecule has 0 aliphatic rings. The smallest absolute Gasteiger partial charge is 0.0964 e. The van der Waals surface area contributed by atoms with Crippen LogP contribution in [0.1, 0.15) is 17.8 Å². The van der Waals surface area contributed by atoms with Gasteiger partial charge in [-0.15, -0.1) is 11.3 Å². The summed E-state index contributed by atoms with van der Waals surface area (Å²) in [6, 6.07) is 9.99. The highest BCUT2D eigenvalue weighted by molar-refractivity contribution is 7.16. The van der Waals surface area contributed by atoms with E-state index in [0.717, 1.165) is 21.1 Å². The molecular formula is C13H12ClN3S. The molecule has 0 aliphatic heterocycles. The Labute approximate surface area is 114 Å². The number of aromatic nitrogens is 2. The summed E-state index contributed by atoms with van der Waals surface area (Å²) in [7, 11) is 0. The van der Waals surface area contributed by atoms with E-state index in [-0.39, 0.29) is 6.04 Å². The topological polar surface area (TPSA) is 43.8 Å². The SMILES string of the molecule is CC(c1ccc(Cl)s1)n1cnc2cc(N)ccc21. The van der Waals surface area contributed by atoms with E-state index in [2.05, 4.69) is 22.5 Å². The quantitative estimate of drug-likeness (QED) is 0.721. The maximum atomic E-state index is 5.98. The Morgan fingerprint density at radius 2 is 2.17 bits per heavy atom. The van der Waals surface area contributed by atoms with Crippen LogP contribution < -0.4 is 5.73 Å². The molecule has 3 nitrogen and oxygen atoms in total. The second-order valence-corrected chi connectivity index (χ2v) is 5.96. The predicted molar refractivity (Wildman–Crippen MR) is 77.3 cm³/mol. The van der Waals surface area contributed by atoms with E-state index in [1.165, 1.54) is 4.88 Å². The molecule has 0 aliphatic carbocycles. The average molecular weight is 278 g/mol. The van der Waals surface area contributed by atoms with Gasteiger partial charge >= 0.3 is 0 Å². The number of rotatable bonds is 2. The summed E-state index contributed by atoms with van der Waals surface area (Å²) in [5.74, 6) is 0. The number of halogens is 1. The molecule has 2 aromatic heterocycles. The van der Waals surface area contributed by atoms with Crippen LogP contribution in [0.3, 0.4) is 0 Å². The van der Waals surface area contributed by atoms with Gasteiger partial charge in [0.15, 0.2) is 0 Å². The molecule has 1 aromatic carbocycles. The Hall–Kier alpha value is -1.52. The van der Waals surface area contributed by atoms with Gasteiger partial charge in [-0.3, -0.25) is 0 Å². The molecule has 1 unspecified atom stereocenters. The molecular weight excluding hydrogens is 266 g/mol. The van der Waals surface area contributed by atoms with E-state index in [1.807, 2.05) is 30.6 Å². The van der Waals surface area contributed by atoms with Crippen molar-refractivity contribution in [1.82, 2.24) is 9.55 Å². The average Bonchev–Trinajstić information content (AvgIpc) is 2.94. The number of benzene rings is 1. The highest BCUT2D eigenvalue weighted by Crippen LogP contribution is 2.31. The molecule has 92 valence electrons. The predicted octanol–water partition coefficient (Wildman–Crippen LogP) is 3.94. The summed E-state index contributed by atoms with van der Waals surface area (Å²) in [5, 5.41) is 0. The van der Waals surface area contributed by atoms with Crippen molar-refractivity contribution in [3.63, 3.8) is 0 Å². The maximum Gasteiger partial charge on any atom is 0.0964 e. The first-order chi connectivity index (χ1) is 8.65. The number of nitrogen functional groups attached to an aromatic ring is 1. The molecule has 3 rings (SSSR count). The highest BCUT2D eigenvalue weighted by atomic mass is 35.5. The van der Waals surface area contributed by atoms with E-state index >= 15 is 0 Å². The van der Waals surface area contributed by atoms with Gasteiger partial charge in [0.05, 0.1) is 27.7 Å². The normalized spacial score (nSPS) is 13.0. The van der Waals surface area contributed by atoms with E-state index in [4.69, 9.17) is 17.3 Å². The zero-order chi connectivity index (χ0) is 12.7. The summed E-state index contributed by atoms with van der Waals surface area (Å²) in [5.41, 5.74) is 8.50. The Morgan fingerprint density at radius 1 is 1.33 bits per heavy atom. The van der Waals surface area contributed by atoms with Crippen LogP contribution in [0.2, 0.25) is 4.34 Å². The van der Waals surface area contributed by atoms with Gasteiger partial charge in [0, 0.05) is 10.6 Å². The van der Waals surface area contributed by atoms with Gasteiger partial charge in [0.1, 0.15) is 0 Å². The van der Waals surface area contributed by atoms with Crippen molar-refractivity contribution in [1.29, 1.82) is 0 Å². The van der Waals surface area contributed by atoms with Crippen molar-refractivity contribution in [2.24, 2.45) is 0 Å². The van der Waals surface area contributed by atoms with Gasteiger partial charge in [-0.2, -0.15) is 0 Å². The fourth-order valence-electron chi connectivity index (χ4n) is 2.05. The lowest BCUT2D eigenvalue weighted by Gasteiger charge is -2.12. The van der Waals surface area contributed by atoms with Crippen LogP contribution in [-0.2, 0) is 0 Å². The van der Waals surface area contributed by atoms with Crippen LogP contribution >= 0.6 is 22.9 Å². The van der Waals surface area contributed by atoms with Crippen LogP contribution in [0.4, 0.5) is 5.69 Å². The summed E-state index contributed by atoms with van der Waals surface area (Å²) < 4.78 is 2.95. The minimum atomic E-state index is 0.219. The number of hydrogen-bond donors (Lipinski definition) is 1. The number of imidazole rings is 1. The first kappa shape index (κ1) is 11.6. The Bertz CT molecular complexity index is 701. The van der Waals surface area contributed by atoms with Crippen LogP contribution in [0.15, 0.2) is 36.7 Å². The summed E-state index contributed by atoms with van der Waals surface area (Å²) in [6.45, 7) is 2.14. The van der Waals surface area contributed by atoms with Crippen LogP contribution in [0.5, 0.6) is 0 Å². The van der Waals surface area contributed by atoms with Gasteiger partial charge in [-0.1, -0.05) is 11.6 Å². The number of anilines is 1. The third-order valence-corrected chi connectivity index (χ3v) is 4.42. The van der Waals surface area contributed by atoms with Gasteiger partial charge in [0.25, 0.3) is 0 Å². The Morgan fingerprint density at radius 3 is 2.89 bits per heavy atom. The molecule has 18 heavy (non-hydrogen) atoms. The molecule has 0 saturated carbocycles. The molecule has 2 N–H and O–H groups in total. The van der Waals surface area contributed by atoms with Gasteiger partial charge in [-0.25, -0.2) is 4.98 Å². The van der Waals surface area contributed by atoms with Crippen LogP contribution in [0, 0.1) is 0 Å². The largest absolute Gasteiger partial charge is 0.399 e. The van der Waals surface area contributed by atoms with Crippen molar-refractivity contribution >= 4 is 39.7 Å². The monoisotopic (exact) mass is 277 g/mol. The molecule has 0 amide bonds. The number of hydrogen-bond acceptors (Lipinski definition) is 3. The standard InChI is InChI=1S/C13H12ClN3S/c1-8(12-4-5-13(14)18-12)17-7-16-10-6-9(15)2-3-11(10)17/h2-8H,15H2,1H3. The van der Waals surface area contributed by atoms with Crippen LogP contribution in [-0.4, -0.2) is 9.55 Å². The Balaban J connectivity index is 2.09. The lowest BCUT2D eigenvalue weighted by Crippen LogP contribution is -2.03. The van der Waals surface area contributed by atoms with Gasteiger partial charge in [-0.05, 0) is 37.3 Å².